The van der Waals surface area contributed by atoms with Crippen molar-refractivity contribution < 1.29 is 4.79 Å². The van der Waals surface area contributed by atoms with E-state index in [1.165, 1.54) is 11.1 Å². The van der Waals surface area contributed by atoms with Gasteiger partial charge in [0.1, 0.15) is 5.82 Å². The van der Waals surface area contributed by atoms with Gasteiger partial charge in [0.2, 0.25) is 5.91 Å². The summed E-state index contributed by atoms with van der Waals surface area (Å²) >= 11 is 0. The van der Waals surface area contributed by atoms with Crippen LogP contribution < -0.4 is 10.6 Å². The molecular weight excluding hydrogens is 314 g/mol. The first-order chi connectivity index (χ1) is 12.1. The van der Waals surface area contributed by atoms with Crippen LogP contribution in [0.1, 0.15) is 30.9 Å². The van der Waals surface area contributed by atoms with E-state index in [2.05, 4.69) is 58.7 Å². The summed E-state index contributed by atoms with van der Waals surface area (Å²) in [6.07, 6.45) is 1.73. The molecule has 1 saturated heterocycles. The van der Waals surface area contributed by atoms with Crippen LogP contribution in [0.25, 0.3) is 0 Å². The fraction of sp³-hybridized carbons (Fsp3) is 0.474. The lowest BCUT2D eigenvalue weighted by atomic mass is 10.0. The highest BCUT2D eigenvalue weighted by Crippen LogP contribution is 2.16. The molecular formula is C19H27N5O. The standard InChI is InChI=1S/C19H27N5O/c1-15(2)17-5-3-16(4-6-17)13-24-18(7-8-21-24)22-19(25)14-23-11-9-20-10-12-23/h3-8,15,20H,9-14H2,1-2H3,(H,22,25). The largest absolute Gasteiger partial charge is 0.314 e. The van der Waals surface area contributed by atoms with E-state index in [1.807, 2.05) is 10.7 Å². The van der Waals surface area contributed by atoms with Gasteiger partial charge in [-0.25, -0.2) is 4.68 Å². The molecule has 1 aliphatic rings. The second-order valence-corrected chi connectivity index (χ2v) is 6.84. The van der Waals surface area contributed by atoms with Crippen molar-refractivity contribution in [2.24, 2.45) is 0 Å². The first-order valence-corrected chi connectivity index (χ1v) is 8.95. The maximum Gasteiger partial charge on any atom is 0.239 e. The van der Waals surface area contributed by atoms with Gasteiger partial charge in [-0.2, -0.15) is 5.10 Å². The zero-order chi connectivity index (χ0) is 17.6. The van der Waals surface area contributed by atoms with Crippen LogP contribution >= 0.6 is 0 Å². The fourth-order valence-electron chi connectivity index (χ4n) is 3.00. The van der Waals surface area contributed by atoms with Gasteiger partial charge in [-0.05, 0) is 17.0 Å². The van der Waals surface area contributed by atoms with Crippen molar-refractivity contribution in [1.29, 1.82) is 0 Å². The first kappa shape index (κ1) is 17.6. The van der Waals surface area contributed by atoms with Crippen LogP contribution in [0.3, 0.4) is 0 Å². The Labute approximate surface area is 149 Å². The number of piperazine rings is 1. The molecule has 1 aliphatic heterocycles. The summed E-state index contributed by atoms with van der Waals surface area (Å²) in [5.41, 5.74) is 2.50. The summed E-state index contributed by atoms with van der Waals surface area (Å²) in [4.78, 5) is 14.5. The van der Waals surface area contributed by atoms with E-state index in [0.717, 1.165) is 32.0 Å². The Morgan fingerprint density at radius 2 is 1.92 bits per heavy atom. The highest BCUT2D eigenvalue weighted by molar-refractivity contribution is 5.91. The maximum atomic E-state index is 12.3. The number of hydrogen-bond acceptors (Lipinski definition) is 4. The van der Waals surface area contributed by atoms with E-state index in [4.69, 9.17) is 0 Å². The van der Waals surface area contributed by atoms with Crippen molar-refractivity contribution in [3.63, 3.8) is 0 Å². The summed E-state index contributed by atoms with van der Waals surface area (Å²) in [6.45, 7) is 9.16. The lowest BCUT2D eigenvalue weighted by Crippen LogP contribution is -2.46. The number of rotatable bonds is 6. The molecule has 134 valence electrons. The minimum absolute atomic E-state index is 0.0128. The quantitative estimate of drug-likeness (QED) is 0.842. The summed E-state index contributed by atoms with van der Waals surface area (Å²) < 4.78 is 1.83. The van der Waals surface area contributed by atoms with Gasteiger partial charge < -0.3 is 10.6 Å². The first-order valence-electron chi connectivity index (χ1n) is 8.95. The Morgan fingerprint density at radius 3 is 2.60 bits per heavy atom. The molecule has 2 N–H and O–H groups in total. The third-order valence-electron chi connectivity index (χ3n) is 4.54. The number of carbonyl (C=O) groups excluding carboxylic acids is 1. The van der Waals surface area contributed by atoms with E-state index < -0.39 is 0 Å². The molecule has 0 bridgehead atoms. The SMILES string of the molecule is CC(C)c1ccc(Cn2nccc2NC(=O)CN2CCNCC2)cc1. The molecule has 0 saturated carbocycles. The van der Waals surface area contributed by atoms with Crippen LogP contribution in [0.4, 0.5) is 5.82 Å². The monoisotopic (exact) mass is 341 g/mol. The number of nitrogens with zero attached hydrogens (tertiary/aromatic N) is 3. The van der Waals surface area contributed by atoms with E-state index in [1.54, 1.807) is 6.20 Å². The van der Waals surface area contributed by atoms with E-state index >= 15 is 0 Å². The number of amides is 1. The van der Waals surface area contributed by atoms with Crippen LogP contribution in [0, 0.1) is 0 Å². The van der Waals surface area contributed by atoms with Gasteiger partial charge >= 0.3 is 0 Å². The Morgan fingerprint density at radius 1 is 1.20 bits per heavy atom. The second kappa shape index (κ2) is 8.27. The normalized spacial score (nSPS) is 15.5. The molecule has 2 heterocycles. The minimum atomic E-state index is 0.0128. The Bertz CT molecular complexity index is 686. The van der Waals surface area contributed by atoms with Crippen molar-refractivity contribution >= 4 is 11.7 Å². The molecule has 0 unspecified atom stereocenters. The summed E-state index contributed by atoms with van der Waals surface area (Å²) in [5, 5.41) is 10.6. The summed E-state index contributed by atoms with van der Waals surface area (Å²) in [5.74, 6) is 1.28. The molecule has 6 heteroatoms. The highest BCUT2D eigenvalue weighted by atomic mass is 16.2. The number of aromatic nitrogens is 2. The number of anilines is 1. The molecule has 2 aromatic rings. The molecule has 3 rings (SSSR count). The zero-order valence-corrected chi connectivity index (χ0v) is 15.0. The molecule has 6 nitrogen and oxygen atoms in total. The highest BCUT2D eigenvalue weighted by Gasteiger charge is 2.15. The zero-order valence-electron chi connectivity index (χ0n) is 15.0. The van der Waals surface area contributed by atoms with Crippen LogP contribution in [0.2, 0.25) is 0 Å². The van der Waals surface area contributed by atoms with Gasteiger partial charge in [0.15, 0.2) is 0 Å². The van der Waals surface area contributed by atoms with Gasteiger partial charge in [-0.15, -0.1) is 0 Å². The Hall–Kier alpha value is -2.18. The van der Waals surface area contributed by atoms with E-state index in [0.29, 0.717) is 19.0 Å². The van der Waals surface area contributed by atoms with E-state index in [-0.39, 0.29) is 5.91 Å². The molecule has 0 radical (unpaired) electrons. The average molecular weight is 341 g/mol. The van der Waals surface area contributed by atoms with Crippen molar-refractivity contribution in [2.75, 3.05) is 38.0 Å². The molecule has 1 amide bonds. The van der Waals surface area contributed by atoms with Gasteiger partial charge in [0.05, 0.1) is 19.3 Å². The summed E-state index contributed by atoms with van der Waals surface area (Å²) in [6, 6.07) is 10.4. The molecule has 0 aliphatic carbocycles. The van der Waals surface area contributed by atoms with Crippen LogP contribution in [-0.4, -0.2) is 53.3 Å². The molecule has 0 atom stereocenters. The summed E-state index contributed by atoms with van der Waals surface area (Å²) in [7, 11) is 0. The number of hydrogen-bond donors (Lipinski definition) is 2. The third kappa shape index (κ3) is 4.90. The molecule has 1 aromatic heterocycles. The van der Waals surface area contributed by atoms with Crippen LogP contribution in [-0.2, 0) is 11.3 Å². The van der Waals surface area contributed by atoms with E-state index in [9.17, 15) is 4.79 Å². The lowest BCUT2D eigenvalue weighted by Gasteiger charge is -2.26. The molecule has 25 heavy (non-hydrogen) atoms. The maximum absolute atomic E-state index is 12.3. The smallest absolute Gasteiger partial charge is 0.239 e. The topological polar surface area (TPSA) is 62.2 Å². The van der Waals surface area contributed by atoms with Gasteiger partial charge in [0, 0.05) is 32.2 Å². The van der Waals surface area contributed by atoms with Gasteiger partial charge in [-0.1, -0.05) is 38.1 Å². The Kier molecular flexibility index (Phi) is 5.83. The minimum Gasteiger partial charge on any atom is -0.314 e. The third-order valence-corrected chi connectivity index (χ3v) is 4.54. The predicted molar refractivity (Wildman–Crippen MR) is 99.8 cm³/mol. The number of benzene rings is 1. The number of carbonyl (C=O) groups is 1. The molecule has 0 spiro atoms. The Balaban J connectivity index is 1.59. The lowest BCUT2D eigenvalue weighted by molar-refractivity contribution is -0.117. The van der Waals surface area contributed by atoms with Crippen LogP contribution in [0.5, 0.6) is 0 Å². The van der Waals surface area contributed by atoms with Gasteiger partial charge in [0.25, 0.3) is 0 Å². The predicted octanol–water partition coefficient (Wildman–Crippen LogP) is 1.90. The fourth-order valence-corrected chi connectivity index (χ4v) is 3.00. The molecule has 1 fully saturated rings. The average Bonchev–Trinajstić information content (AvgIpc) is 3.03. The van der Waals surface area contributed by atoms with Crippen molar-refractivity contribution in [1.82, 2.24) is 20.0 Å². The van der Waals surface area contributed by atoms with Gasteiger partial charge in [-0.3, -0.25) is 9.69 Å². The van der Waals surface area contributed by atoms with Crippen molar-refractivity contribution in [3.8, 4) is 0 Å². The molecule has 1 aromatic carbocycles. The van der Waals surface area contributed by atoms with Crippen LogP contribution in [0.15, 0.2) is 36.5 Å². The second-order valence-electron chi connectivity index (χ2n) is 6.84. The van der Waals surface area contributed by atoms with Crippen molar-refractivity contribution in [3.05, 3.63) is 47.7 Å². The van der Waals surface area contributed by atoms with Crippen molar-refractivity contribution in [2.45, 2.75) is 26.3 Å². The number of nitrogens with one attached hydrogen (secondary N) is 2.